The molecule has 21 heavy (non-hydrogen) atoms. The number of nitrogens with zero attached hydrogens (tertiary/aromatic N) is 1. The Hall–Kier alpha value is -2.38. The van der Waals surface area contributed by atoms with Crippen molar-refractivity contribution in [1.29, 1.82) is 0 Å². The van der Waals surface area contributed by atoms with E-state index in [0.29, 0.717) is 5.69 Å². The van der Waals surface area contributed by atoms with E-state index < -0.39 is 10.0 Å². The van der Waals surface area contributed by atoms with Crippen molar-refractivity contribution in [3.63, 3.8) is 0 Å². The SMILES string of the molecule is COc1cccc(/C=N\Nc2ccc(S(N)(=O)=O)cc2)c1. The van der Waals surface area contributed by atoms with Crippen LogP contribution in [0.4, 0.5) is 5.69 Å². The zero-order valence-electron chi connectivity index (χ0n) is 11.4. The molecule has 2 rings (SSSR count). The van der Waals surface area contributed by atoms with Crippen molar-refractivity contribution in [1.82, 2.24) is 0 Å². The van der Waals surface area contributed by atoms with Crippen molar-refractivity contribution in [2.24, 2.45) is 10.2 Å². The van der Waals surface area contributed by atoms with Gasteiger partial charge in [0, 0.05) is 0 Å². The molecule has 0 saturated heterocycles. The highest BCUT2D eigenvalue weighted by atomic mass is 32.2. The number of nitrogens with one attached hydrogen (secondary N) is 1. The molecule has 0 saturated carbocycles. The highest BCUT2D eigenvalue weighted by Gasteiger charge is 2.06. The van der Waals surface area contributed by atoms with E-state index in [9.17, 15) is 8.42 Å². The molecule has 0 aliphatic carbocycles. The third-order valence-corrected chi connectivity index (χ3v) is 3.61. The monoisotopic (exact) mass is 305 g/mol. The molecule has 110 valence electrons. The largest absolute Gasteiger partial charge is 0.497 e. The number of nitrogens with two attached hydrogens (primary N) is 1. The number of anilines is 1. The zero-order valence-corrected chi connectivity index (χ0v) is 12.2. The summed E-state index contributed by atoms with van der Waals surface area (Å²) in [6.45, 7) is 0. The molecule has 0 amide bonds. The van der Waals surface area contributed by atoms with E-state index in [0.717, 1.165) is 11.3 Å². The summed E-state index contributed by atoms with van der Waals surface area (Å²) >= 11 is 0. The van der Waals surface area contributed by atoms with E-state index in [4.69, 9.17) is 9.88 Å². The maximum absolute atomic E-state index is 11.1. The Morgan fingerprint density at radius 2 is 1.90 bits per heavy atom. The molecule has 2 aromatic rings. The topological polar surface area (TPSA) is 93.8 Å². The van der Waals surface area contributed by atoms with Gasteiger partial charge in [-0.2, -0.15) is 5.10 Å². The van der Waals surface area contributed by atoms with Crippen LogP contribution in [0.15, 0.2) is 58.5 Å². The van der Waals surface area contributed by atoms with E-state index in [1.165, 1.54) is 12.1 Å². The number of ether oxygens (including phenoxy) is 1. The lowest BCUT2D eigenvalue weighted by molar-refractivity contribution is 0.415. The first-order valence-electron chi connectivity index (χ1n) is 6.05. The minimum Gasteiger partial charge on any atom is -0.497 e. The molecule has 6 nitrogen and oxygen atoms in total. The van der Waals surface area contributed by atoms with Crippen LogP contribution in [0.1, 0.15) is 5.56 Å². The molecule has 0 atom stereocenters. The van der Waals surface area contributed by atoms with Crippen molar-refractivity contribution < 1.29 is 13.2 Å². The van der Waals surface area contributed by atoms with Gasteiger partial charge in [0.15, 0.2) is 0 Å². The third kappa shape index (κ3) is 4.30. The molecule has 0 aliphatic heterocycles. The average Bonchev–Trinajstić information content (AvgIpc) is 2.47. The number of hydrogen-bond donors (Lipinski definition) is 2. The lowest BCUT2D eigenvalue weighted by atomic mass is 10.2. The van der Waals surface area contributed by atoms with Crippen LogP contribution in [-0.4, -0.2) is 21.7 Å². The van der Waals surface area contributed by atoms with E-state index in [1.807, 2.05) is 24.3 Å². The van der Waals surface area contributed by atoms with E-state index in [2.05, 4.69) is 10.5 Å². The van der Waals surface area contributed by atoms with Crippen molar-refractivity contribution >= 4 is 21.9 Å². The van der Waals surface area contributed by atoms with Crippen molar-refractivity contribution in [3.05, 3.63) is 54.1 Å². The van der Waals surface area contributed by atoms with Gasteiger partial charge in [-0.15, -0.1) is 0 Å². The first kappa shape index (κ1) is 15.0. The fourth-order valence-corrected chi connectivity index (χ4v) is 2.14. The number of hydrogen-bond acceptors (Lipinski definition) is 5. The van der Waals surface area contributed by atoms with Crippen LogP contribution < -0.4 is 15.3 Å². The van der Waals surface area contributed by atoms with Gasteiger partial charge in [0.25, 0.3) is 0 Å². The Balaban J connectivity index is 2.04. The van der Waals surface area contributed by atoms with Crippen molar-refractivity contribution in [3.8, 4) is 5.75 Å². The average molecular weight is 305 g/mol. The van der Waals surface area contributed by atoms with Gasteiger partial charge in [0.1, 0.15) is 5.75 Å². The summed E-state index contributed by atoms with van der Waals surface area (Å²) < 4.78 is 27.4. The second-order valence-corrected chi connectivity index (χ2v) is 5.78. The lowest BCUT2D eigenvalue weighted by Crippen LogP contribution is -2.11. The second-order valence-electron chi connectivity index (χ2n) is 4.22. The van der Waals surface area contributed by atoms with Crippen LogP contribution in [0.2, 0.25) is 0 Å². The van der Waals surface area contributed by atoms with Gasteiger partial charge in [-0.25, -0.2) is 13.6 Å². The number of rotatable bonds is 5. The zero-order chi connectivity index (χ0) is 15.3. The fraction of sp³-hybridized carbons (Fsp3) is 0.0714. The van der Waals surface area contributed by atoms with Crippen LogP contribution >= 0.6 is 0 Å². The summed E-state index contributed by atoms with van der Waals surface area (Å²) in [6, 6.07) is 13.4. The Morgan fingerprint density at radius 1 is 1.19 bits per heavy atom. The van der Waals surface area contributed by atoms with Gasteiger partial charge in [0.05, 0.1) is 23.9 Å². The molecule has 0 aliphatic rings. The molecule has 0 radical (unpaired) electrons. The fourth-order valence-electron chi connectivity index (χ4n) is 1.62. The molecule has 0 aromatic heterocycles. The van der Waals surface area contributed by atoms with E-state index in [1.54, 1.807) is 25.5 Å². The van der Waals surface area contributed by atoms with Gasteiger partial charge in [-0.1, -0.05) is 12.1 Å². The molecule has 0 bridgehead atoms. The van der Waals surface area contributed by atoms with Crippen LogP contribution in [0, 0.1) is 0 Å². The normalized spacial score (nSPS) is 11.5. The first-order valence-corrected chi connectivity index (χ1v) is 7.60. The Kier molecular flexibility index (Phi) is 4.56. The summed E-state index contributed by atoms with van der Waals surface area (Å²) in [5.74, 6) is 0.747. The minimum absolute atomic E-state index is 0.0600. The van der Waals surface area contributed by atoms with Gasteiger partial charge in [0.2, 0.25) is 10.0 Å². The predicted molar refractivity (Wildman–Crippen MR) is 82.0 cm³/mol. The summed E-state index contributed by atoms with van der Waals surface area (Å²) in [5.41, 5.74) is 4.33. The minimum atomic E-state index is -3.67. The Morgan fingerprint density at radius 3 is 2.52 bits per heavy atom. The molecular weight excluding hydrogens is 290 g/mol. The molecular formula is C14H15N3O3S. The smallest absolute Gasteiger partial charge is 0.238 e. The number of sulfonamides is 1. The van der Waals surface area contributed by atoms with Gasteiger partial charge in [-0.05, 0) is 42.0 Å². The quantitative estimate of drug-likeness (QED) is 0.650. The highest BCUT2D eigenvalue weighted by molar-refractivity contribution is 7.89. The number of primary sulfonamides is 1. The molecule has 0 heterocycles. The maximum Gasteiger partial charge on any atom is 0.238 e. The van der Waals surface area contributed by atoms with Crippen molar-refractivity contribution in [2.45, 2.75) is 4.90 Å². The highest BCUT2D eigenvalue weighted by Crippen LogP contribution is 2.13. The number of benzene rings is 2. The van der Waals surface area contributed by atoms with Gasteiger partial charge in [-0.3, -0.25) is 5.43 Å². The van der Waals surface area contributed by atoms with Crippen LogP contribution in [-0.2, 0) is 10.0 Å². The molecule has 0 spiro atoms. The summed E-state index contributed by atoms with van der Waals surface area (Å²) in [5, 5.41) is 9.09. The summed E-state index contributed by atoms with van der Waals surface area (Å²) in [6.07, 6.45) is 1.64. The standard InChI is InChI=1S/C14H15N3O3S/c1-20-13-4-2-3-11(9-13)10-16-17-12-5-7-14(8-6-12)21(15,18)19/h2-10,17H,1H3,(H2,15,18,19)/b16-10-. The molecule has 2 aromatic carbocycles. The molecule has 3 N–H and O–H groups in total. The Bertz CT molecular complexity index is 740. The van der Waals surface area contributed by atoms with Crippen LogP contribution in [0.3, 0.4) is 0 Å². The van der Waals surface area contributed by atoms with Crippen LogP contribution in [0.25, 0.3) is 0 Å². The number of hydrazone groups is 1. The predicted octanol–water partition coefficient (Wildman–Crippen LogP) is 1.79. The first-order chi connectivity index (χ1) is 9.99. The van der Waals surface area contributed by atoms with E-state index >= 15 is 0 Å². The van der Waals surface area contributed by atoms with Crippen LogP contribution in [0.5, 0.6) is 5.75 Å². The molecule has 0 fully saturated rings. The summed E-state index contributed by atoms with van der Waals surface area (Å²) in [4.78, 5) is 0.0600. The second kappa shape index (κ2) is 6.38. The lowest BCUT2D eigenvalue weighted by Gasteiger charge is -2.02. The molecule has 0 unspecified atom stereocenters. The molecule has 7 heteroatoms. The Labute approximate surface area is 123 Å². The van der Waals surface area contributed by atoms with E-state index in [-0.39, 0.29) is 4.90 Å². The third-order valence-electron chi connectivity index (χ3n) is 2.68. The van der Waals surface area contributed by atoms with Gasteiger partial charge < -0.3 is 4.74 Å². The van der Waals surface area contributed by atoms with Gasteiger partial charge >= 0.3 is 0 Å². The summed E-state index contributed by atoms with van der Waals surface area (Å²) in [7, 11) is -2.07. The maximum atomic E-state index is 11.1. The number of methoxy groups -OCH3 is 1. The van der Waals surface area contributed by atoms with Crippen molar-refractivity contribution in [2.75, 3.05) is 12.5 Å².